The molecule has 0 aromatic heterocycles. The highest BCUT2D eigenvalue weighted by Gasteiger charge is 2.10. The summed E-state index contributed by atoms with van der Waals surface area (Å²) in [5.41, 5.74) is 0.0489. The van der Waals surface area contributed by atoms with E-state index in [-0.39, 0.29) is 21.8 Å². The lowest BCUT2D eigenvalue weighted by Crippen LogP contribution is -1.96. The van der Waals surface area contributed by atoms with E-state index in [1.807, 2.05) is 0 Å². The van der Waals surface area contributed by atoms with Crippen LogP contribution < -0.4 is 0 Å². The Kier molecular flexibility index (Phi) is 4.62. The molecule has 0 radical (unpaired) electrons. The molecule has 0 spiro atoms. The number of benzene rings is 2. The summed E-state index contributed by atoms with van der Waals surface area (Å²) in [6, 6.07) is 6.53. The number of nitrogens with zero attached hydrogens (tertiary/aromatic N) is 1. The highest BCUT2D eigenvalue weighted by Crippen LogP contribution is 2.23. The van der Waals surface area contributed by atoms with E-state index < -0.39 is 22.3 Å². The molecule has 0 aliphatic carbocycles. The number of allylic oxidation sites excluding steroid dienone is 1. The van der Waals surface area contributed by atoms with Crippen LogP contribution in [-0.4, -0.2) is 10.7 Å². The molecule has 2 aromatic rings. The number of carbonyl (C=O) groups excluding carboxylic acids is 1. The van der Waals surface area contributed by atoms with Gasteiger partial charge in [0.15, 0.2) is 17.4 Å². The number of carbonyl (C=O) groups is 1. The SMILES string of the molecule is O=C(/C=C/c1cc([N+](=O)[O-])ccc1Cl)c1ccc(F)c(F)c1. The zero-order valence-electron chi connectivity index (χ0n) is 10.9. The van der Waals surface area contributed by atoms with Gasteiger partial charge in [0.1, 0.15) is 0 Å². The molecular weight excluding hydrogens is 316 g/mol. The van der Waals surface area contributed by atoms with Crippen molar-refractivity contribution >= 4 is 29.1 Å². The van der Waals surface area contributed by atoms with Crippen LogP contribution in [0.3, 0.4) is 0 Å². The van der Waals surface area contributed by atoms with Crippen LogP contribution in [0.15, 0.2) is 42.5 Å². The first-order chi connectivity index (χ1) is 10.4. The third-order valence-corrected chi connectivity index (χ3v) is 3.15. The van der Waals surface area contributed by atoms with Gasteiger partial charge in [0.05, 0.1) is 4.92 Å². The van der Waals surface area contributed by atoms with E-state index in [0.717, 1.165) is 24.3 Å². The number of nitro groups is 1. The van der Waals surface area contributed by atoms with Crippen molar-refractivity contribution in [3.05, 3.63) is 80.4 Å². The van der Waals surface area contributed by atoms with Gasteiger partial charge in [0, 0.05) is 22.7 Å². The van der Waals surface area contributed by atoms with E-state index in [1.165, 1.54) is 24.3 Å². The second-order valence-corrected chi connectivity index (χ2v) is 4.70. The van der Waals surface area contributed by atoms with Gasteiger partial charge in [-0.2, -0.15) is 0 Å². The molecule has 2 aromatic carbocycles. The molecule has 2 rings (SSSR count). The summed E-state index contributed by atoms with van der Waals surface area (Å²) in [6.07, 6.45) is 2.36. The van der Waals surface area contributed by atoms with Crippen LogP contribution in [0.1, 0.15) is 15.9 Å². The van der Waals surface area contributed by atoms with Crippen molar-refractivity contribution in [1.82, 2.24) is 0 Å². The number of hydrogen-bond donors (Lipinski definition) is 0. The van der Waals surface area contributed by atoms with Crippen LogP contribution in [0.25, 0.3) is 6.08 Å². The average Bonchev–Trinajstić information content (AvgIpc) is 2.48. The topological polar surface area (TPSA) is 60.2 Å². The quantitative estimate of drug-likeness (QED) is 0.362. The van der Waals surface area contributed by atoms with E-state index in [0.29, 0.717) is 0 Å². The Bertz CT molecular complexity index is 790. The molecule has 112 valence electrons. The lowest BCUT2D eigenvalue weighted by Gasteiger charge is -1.99. The Morgan fingerprint density at radius 1 is 1.14 bits per heavy atom. The molecule has 0 heterocycles. The van der Waals surface area contributed by atoms with Crippen LogP contribution in [0, 0.1) is 21.7 Å². The van der Waals surface area contributed by atoms with Crippen LogP contribution in [0.4, 0.5) is 14.5 Å². The fraction of sp³-hybridized carbons (Fsp3) is 0. The fourth-order valence-corrected chi connectivity index (χ4v) is 1.86. The van der Waals surface area contributed by atoms with Gasteiger partial charge < -0.3 is 0 Å². The summed E-state index contributed by atoms with van der Waals surface area (Å²) >= 11 is 5.88. The Balaban J connectivity index is 2.27. The minimum Gasteiger partial charge on any atom is -0.289 e. The lowest BCUT2D eigenvalue weighted by atomic mass is 10.1. The molecule has 22 heavy (non-hydrogen) atoms. The van der Waals surface area contributed by atoms with Crippen molar-refractivity contribution in [2.24, 2.45) is 0 Å². The normalized spacial score (nSPS) is 10.9. The van der Waals surface area contributed by atoms with Crippen molar-refractivity contribution < 1.29 is 18.5 Å². The number of nitro benzene ring substituents is 1. The maximum absolute atomic E-state index is 13.1. The summed E-state index contributed by atoms with van der Waals surface area (Å²) in [5, 5.41) is 10.9. The van der Waals surface area contributed by atoms with Gasteiger partial charge in [-0.3, -0.25) is 14.9 Å². The van der Waals surface area contributed by atoms with Gasteiger partial charge in [-0.25, -0.2) is 8.78 Å². The smallest absolute Gasteiger partial charge is 0.270 e. The zero-order chi connectivity index (χ0) is 16.3. The van der Waals surface area contributed by atoms with Gasteiger partial charge in [0.25, 0.3) is 5.69 Å². The molecule has 0 atom stereocenters. The van der Waals surface area contributed by atoms with Crippen LogP contribution in [0.5, 0.6) is 0 Å². The summed E-state index contributed by atoms with van der Waals surface area (Å²) < 4.78 is 25.9. The number of non-ortho nitro benzene ring substituents is 1. The number of rotatable bonds is 4. The van der Waals surface area contributed by atoms with Gasteiger partial charge >= 0.3 is 0 Å². The first-order valence-electron chi connectivity index (χ1n) is 6.00. The predicted molar refractivity (Wildman–Crippen MR) is 77.8 cm³/mol. The molecule has 0 unspecified atom stereocenters. The van der Waals surface area contributed by atoms with Gasteiger partial charge in [-0.1, -0.05) is 11.6 Å². The first kappa shape index (κ1) is 15.8. The summed E-state index contributed by atoms with van der Waals surface area (Å²) in [4.78, 5) is 22.0. The van der Waals surface area contributed by atoms with Crippen molar-refractivity contribution in [2.45, 2.75) is 0 Å². The second kappa shape index (κ2) is 6.44. The van der Waals surface area contributed by atoms with Crippen molar-refractivity contribution in [1.29, 1.82) is 0 Å². The van der Waals surface area contributed by atoms with Gasteiger partial charge in [0.2, 0.25) is 0 Å². The second-order valence-electron chi connectivity index (χ2n) is 4.29. The molecular formula is C15H8ClF2NO3. The molecule has 4 nitrogen and oxygen atoms in total. The third-order valence-electron chi connectivity index (χ3n) is 2.81. The zero-order valence-corrected chi connectivity index (χ0v) is 11.7. The van der Waals surface area contributed by atoms with E-state index in [1.54, 1.807) is 0 Å². The van der Waals surface area contributed by atoms with E-state index in [9.17, 15) is 23.7 Å². The summed E-state index contributed by atoms with van der Waals surface area (Å²) in [6.45, 7) is 0. The van der Waals surface area contributed by atoms with E-state index in [2.05, 4.69) is 0 Å². The molecule has 0 saturated carbocycles. The van der Waals surface area contributed by atoms with Crippen LogP contribution in [-0.2, 0) is 0 Å². The number of halogens is 3. The van der Waals surface area contributed by atoms with Crippen molar-refractivity contribution in [2.75, 3.05) is 0 Å². The maximum atomic E-state index is 13.1. The Morgan fingerprint density at radius 2 is 1.86 bits per heavy atom. The van der Waals surface area contributed by atoms with E-state index in [4.69, 9.17) is 11.6 Å². The molecule has 0 bridgehead atoms. The largest absolute Gasteiger partial charge is 0.289 e. The third kappa shape index (κ3) is 3.53. The van der Waals surface area contributed by atoms with Crippen LogP contribution in [0.2, 0.25) is 5.02 Å². The molecule has 0 saturated heterocycles. The molecule has 0 fully saturated rings. The molecule has 0 aliphatic heterocycles. The lowest BCUT2D eigenvalue weighted by molar-refractivity contribution is -0.384. The Hall–Kier alpha value is -2.60. The molecule has 7 heteroatoms. The Labute approximate surface area is 128 Å². The molecule has 0 N–H and O–H groups in total. The number of ketones is 1. The average molecular weight is 324 g/mol. The summed E-state index contributed by atoms with van der Waals surface area (Å²) in [5.74, 6) is -2.77. The minimum absolute atomic E-state index is 0.0447. The van der Waals surface area contributed by atoms with Gasteiger partial charge in [-0.15, -0.1) is 0 Å². The van der Waals surface area contributed by atoms with Crippen LogP contribution >= 0.6 is 11.6 Å². The predicted octanol–water partition coefficient (Wildman–Crippen LogP) is 4.42. The monoisotopic (exact) mass is 323 g/mol. The molecule has 0 amide bonds. The summed E-state index contributed by atoms with van der Waals surface area (Å²) in [7, 11) is 0. The Morgan fingerprint density at radius 3 is 2.50 bits per heavy atom. The van der Waals surface area contributed by atoms with E-state index >= 15 is 0 Å². The minimum atomic E-state index is -1.13. The molecule has 0 aliphatic rings. The van der Waals surface area contributed by atoms with Crippen molar-refractivity contribution in [3.63, 3.8) is 0 Å². The van der Waals surface area contributed by atoms with Gasteiger partial charge in [-0.05, 0) is 42.0 Å². The first-order valence-corrected chi connectivity index (χ1v) is 6.37. The van der Waals surface area contributed by atoms with Crippen molar-refractivity contribution in [3.8, 4) is 0 Å². The number of hydrogen-bond acceptors (Lipinski definition) is 3. The highest BCUT2D eigenvalue weighted by molar-refractivity contribution is 6.32. The highest BCUT2D eigenvalue weighted by atomic mass is 35.5. The standard InChI is InChI=1S/C15H8ClF2NO3/c16-12-4-3-11(19(21)22)7-9(12)2-6-15(20)10-1-5-13(17)14(18)8-10/h1-8H/b6-2+. The maximum Gasteiger partial charge on any atom is 0.270 e. The fourth-order valence-electron chi connectivity index (χ4n) is 1.68.